The summed E-state index contributed by atoms with van der Waals surface area (Å²) in [5.41, 5.74) is 1.97. The van der Waals surface area contributed by atoms with Crippen LogP contribution in [0.25, 0.3) is 11.4 Å². The fourth-order valence-electron chi connectivity index (χ4n) is 2.66. The maximum absolute atomic E-state index is 14.2. The van der Waals surface area contributed by atoms with Crippen LogP contribution in [0.3, 0.4) is 0 Å². The molecule has 1 aromatic heterocycles. The van der Waals surface area contributed by atoms with Crippen LogP contribution in [0.1, 0.15) is 25.5 Å². The van der Waals surface area contributed by atoms with Crippen molar-refractivity contribution in [2.75, 3.05) is 11.1 Å². The molecule has 2 aromatic carbocycles. The van der Waals surface area contributed by atoms with Gasteiger partial charge in [0.25, 0.3) is 0 Å². The van der Waals surface area contributed by atoms with Gasteiger partial charge in [-0.05, 0) is 50.6 Å². The van der Waals surface area contributed by atoms with Crippen molar-refractivity contribution in [3.05, 3.63) is 58.9 Å². The van der Waals surface area contributed by atoms with E-state index in [-0.39, 0.29) is 23.5 Å². The topological polar surface area (TPSA) is 59.8 Å². The largest absolute Gasteiger partial charge is 0.325 e. The lowest BCUT2D eigenvalue weighted by atomic mass is 10.2. The summed E-state index contributed by atoms with van der Waals surface area (Å²) in [7, 11) is 0. The number of thioether (sulfide) groups is 1. The van der Waals surface area contributed by atoms with Gasteiger partial charge in [-0.2, -0.15) is 0 Å². The number of rotatable bonds is 6. The van der Waals surface area contributed by atoms with Crippen LogP contribution in [0.2, 0.25) is 5.02 Å². The van der Waals surface area contributed by atoms with Gasteiger partial charge in [-0.25, -0.2) is 4.39 Å². The molecule has 3 aromatic rings. The number of anilines is 1. The number of benzene rings is 2. The summed E-state index contributed by atoms with van der Waals surface area (Å²) in [6.07, 6.45) is 0. The summed E-state index contributed by atoms with van der Waals surface area (Å²) in [4.78, 5) is 12.3. The maximum Gasteiger partial charge on any atom is 0.234 e. The zero-order valence-corrected chi connectivity index (χ0v) is 17.3. The highest BCUT2D eigenvalue weighted by molar-refractivity contribution is 7.99. The zero-order valence-electron chi connectivity index (χ0n) is 15.7. The number of amides is 1. The Labute approximate surface area is 172 Å². The molecule has 0 radical (unpaired) electrons. The summed E-state index contributed by atoms with van der Waals surface area (Å²) >= 11 is 7.34. The minimum Gasteiger partial charge on any atom is -0.325 e. The first-order chi connectivity index (χ1) is 13.4. The smallest absolute Gasteiger partial charge is 0.234 e. The number of hydrogen-bond donors (Lipinski definition) is 1. The van der Waals surface area contributed by atoms with E-state index in [0.717, 1.165) is 5.56 Å². The van der Waals surface area contributed by atoms with Crippen LogP contribution in [-0.2, 0) is 4.79 Å². The second-order valence-corrected chi connectivity index (χ2v) is 7.90. The molecule has 1 amide bonds. The molecule has 0 aliphatic rings. The molecule has 1 N–H and O–H groups in total. The van der Waals surface area contributed by atoms with Gasteiger partial charge < -0.3 is 5.32 Å². The Hall–Kier alpha value is -2.38. The van der Waals surface area contributed by atoms with E-state index in [2.05, 4.69) is 15.5 Å². The first-order valence-corrected chi connectivity index (χ1v) is 10.1. The van der Waals surface area contributed by atoms with Crippen molar-refractivity contribution in [1.29, 1.82) is 0 Å². The van der Waals surface area contributed by atoms with E-state index in [4.69, 9.17) is 11.6 Å². The summed E-state index contributed by atoms with van der Waals surface area (Å²) in [6, 6.07) is 11.8. The van der Waals surface area contributed by atoms with Crippen LogP contribution in [0.15, 0.2) is 47.6 Å². The third-order valence-corrected chi connectivity index (χ3v) is 5.43. The van der Waals surface area contributed by atoms with Crippen molar-refractivity contribution in [2.24, 2.45) is 0 Å². The van der Waals surface area contributed by atoms with Crippen molar-refractivity contribution in [3.63, 3.8) is 0 Å². The zero-order chi connectivity index (χ0) is 20.3. The Kier molecular flexibility index (Phi) is 6.36. The van der Waals surface area contributed by atoms with E-state index in [1.807, 2.05) is 31.4 Å². The van der Waals surface area contributed by atoms with Gasteiger partial charge >= 0.3 is 0 Å². The first-order valence-electron chi connectivity index (χ1n) is 8.75. The van der Waals surface area contributed by atoms with Gasteiger partial charge in [0.2, 0.25) is 5.91 Å². The highest BCUT2D eigenvalue weighted by Gasteiger charge is 2.19. The van der Waals surface area contributed by atoms with Gasteiger partial charge in [0.1, 0.15) is 5.82 Å². The standard InChI is InChI=1S/C20H20ClFN4OS/c1-12(2)26-19(15-6-4-5-7-17(15)22)24-25-20(26)28-11-18(27)23-14-9-8-13(3)16(21)10-14/h4-10,12H,11H2,1-3H3,(H,23,27). The number of aromatic nitrogens is 3. The predicted octanol–water partition coefficient (Wildman–Crippen LogP) is 5.36. The van der Waals surface area contributed by atoms with E-state index in [9.17, 15) is 9.18 Å². The quantitative estimate of drug-likeness (QED) is 0.547. The molecule has 3 rings (SSSR count). The molecule has 1 heterocycles. The summed E-state index contributed by atoms with van der Waals surface area (Å²) in [5, 5.41) is 12.3. The van der Waals surface area contributed by atoms with E-state index >= 15 is 0 Å². The highest BCUT2D eigenvalue weighted by atomic mass is 35.5. The molecule has 0 fully saturated rings. The van der Waals surface area contributed by atoms with E-state index < -0.39 is 0 Å². The Morgan fingerprint density at radius 3 is 2.68 bits per heavy atom. The monoisotopic (exact) mass is 418 g/mol. The van der Waals surface area contributed by atoms with Crippen molar-refractivity contribution in [3.8, 4) is 11.4 Å². The molecule has 0 spiro atoms. The Bertz CT molecular complexity index is 1010. The molecule has 146 valence electrons. The minimum absolute atomic E-state index is 0.00562. The number of nitrogens with zero attached hydrogens (tertiary/aromatic N) is 3. The molecule has 0 aliphatic carbocycles. The molecular weight excluding hydrogens is 399 g/mol. The third-order valence-electron chi connectivity index (χ3n) is 4.08. The molecule has 0 saturated carbocycles. The van der Waals surface area contributed by atoms with Gasteiger partial charge in [0, 0.05) is 16.8 Å². The van der Waals surface area contributed by atoms with Crippen molar-refractivity contribution in [1.82, 2.24) is 14.8 Å². The lowest BCUT2D eigenvalue weighted by molar-refractivity contribution is -0.113. The van der Waals surface area contributed by atoms with Gasteiger partial charge in [0.15, 0.2) is 11.0 Å². The van der Waals surface area contributed by atoms with Crippen molar-refractivity contribution < 1.29 is 9.18 Å². The molecule has 0 saturated heterocycles. The number of nitrogens with one attached hydrogen (secondary N) is 1. The fourth-order valence-corrected chi connectivity index (χ4v) is 3.71. The van der Waals surface area contributed by atoms with Crippen molar-refractivity contribution >= 4 is 35.0 Å². The van der Waals surface area contributed by atoms with Crippen LogP contribution in [-0.4, -0.2) is 26.4 Å². The van der Waals surface area contributed by atoms with Crippen molar-refractivity contribution in [2.45, 2.75) is 32.0 Å². The molecule has 0 bridgehead atoms. The molecule has 28 heavy (non-hydrogen) atoms. The molecule has 0 unspecified atom stereocenters. The third kappa shape index (κ3) is 4.54. The van der Waals surface area contributed by atoms with Crippen LogP contribution >= 0.6 is 23.4 Å². The summed E-state index contributed by atoms with van der Waals surface area (Å²) < 4.78 is 16.0. The normalized spacial score (nSPS) is 11.1. The average Bonchev–Trinajstić information content (AvgIpc) is 3.07. The van der Waals surface area contributed by atoms with Crippen LogP contribution < -0.4 is 5.32 Å². The molecule has 0 atom stereocenters. The first kappa shape index (κ1) is 20.4. The number of carbonyl (C=O) groups excluding carboxylic acids is 1. The van der Waals surface area contributed by atoms with Crippen LogP contribution in [0.4, 0.5) is 10.1 Å². The van der Waals surface area contributed by atoms with Gasteiger partial charge in [-0.3, -0.25) is 9.36 Å². The van der Waals surface area contributed by atoms with Crippen LogP contribution in [0.5, 0.6) is 0 Å². The lowest BCUT2D eigenvalue weighted by Crippen LogP contribution is -2.15. The number of carbonyl (C=O) groups is 1. The summed E-state index contributed by atoms with van der Waals surface area (Å²) in [5.74, 6) is 0.0486. The van der Waals surface area contributed by atoms with E-state index in [1.54, 1.807) is 30.3 Å². The second-order valence-electron chi connectivity index (χ2n) is 6.55. The Balaban J connectivity index is 1.75. The molecular formula is C20H20ClFN4OS. The maximum atomic E-state index is 14.2. The van der Waals surface area contributed by atoms with E-state index in [0.29, 0.717) is 27.3 Å². The van der Waals surface area contributed by atoms with Gasteiger partial charge in [-0.15, -0.1) is 10.2 Å². The Morgan fingerprint density at radius 1 is 1.25 bits per heavy atom. The van der Waals surface area contributed by atoms with Gasteiger partial charge in [-0.1, -0.05) is 41.6 Å². The van der Waals surface area contributed by atoms with Gasteiger partial charge in [0.05, 0.1) is 11.3 Å². The number of halogens is 2. The van der Waals surface area contributed by atoms with E-state index in [1.165, 1.54) is 17.8 Å². The summed E-state index contributed by atoms with van der Waals surface area (Å²) in [6.45, 7) is 5.83. The average molecular weight is 419 g/mol. The van der Waals surface area contributed by atoms with Crippen LogP contribution in [0, 0.1) is 12.7 Å². The molecule has 5 nitrogen and oxygen atoms in total. The second kappa shape index (κ2) is 8.75. The minimum atomic E-state index is -0.359. The number of hydrogen-bond acceptors (Lipinski definition) is 4. The fraction of sp³-hybridized carbons (Fsp3) is 0.250. The molecule has 8 heteroatoms. The SMILES string of the molecule is Cc1ccc(NC(=O)CSc2nnc(-c3ccccc3F)n2C(C)C)cc1Cl. The highest BCUT2D eigenvalue weighted by Crippen LogP contribution is 2.29. The predicted molar refractivity (Wildman–Crippen MR) is 111 cm³/mol. The Morgan fingerprint density at radius 2 is 2.00 bits per heavy atom. The number of aryl methyl sites for hydroxylation is 1. The molecule has 0 aliphatic heterocycles. The lowest BCUT2D eigenvalue weighted by Gasteiger charge is -2.14.